The summed E-state index contributed by atoms with van der Waals surface area (Å²) >= 11 is 1.34. The van der Waals surface area contributed by atoms with E-state index >= 15 is 0 Å². The Bertz CT molecular complexity index is 530. The van der Waals surface area contributed by atoms with E-state index in [4.69, 9.17) is 5.26 Å². The van der Waals surface area contributed by atoms with Gasteiger partial charge in [-0.2, -0.15) is 5.26 Å². The van der Waals surface area contributed by atoms with Crippen LogP contribution in [0.4, 0.5) is 0 Å². The molecule has 0 atom stereocenters. The molecule has 0 unspecified atom stereocenters. The first-order chi connectivity index (χ1) is 7.79. The van der Waals surface area contributed by atoms with E-state index in [2.05, 4.69) is 15.0 Å². The van der Waals surface area contributed by atoms with Gasteiger partial charge in [0.2, 0.25) is 0 Å². The van der Waals surface area contributed by atoms with Crippen LogP contribution in [0.3, 0.4) is 0 Å². The Morgan fingerprint density at radius 1 is 1.25 bits per heavy atom. The van der Waals surface area contributed by atoms with Crippen molar-refractivity contribution in [2.75, 3.05) is 0 Å². The molecule has 2 aromatic heterocycles. The van der Waals surface area contributed by atoms with Gasteiger partial charge in [-0.15, -0.1) is 0 Å². The lowest BCUT2D eigenvalue weighted by atomic mass is 10.4. The van der Waals surface area contributed by atoms with Gasteiger partial charge in [0.15, 0.2) is 10.9 Å². The van der Waals surface area contributed by atoms with E-state index in [1.54, 1.807) is 24.7 Å². The summed E-state index contributed by atoms with van der Waals surface area (Å²) < 4.78 is 0. The van der Waals surface area contributed by atoms with Crippen LogP contribution in [0.1, 0.15) is 11.3 Å². The Hall–Kier alpha value is -1.93. The molecule has 0 aliphatic carbocycles. The zero-order valence-corrected chi connectivity index (χ0v) is 9.40. The Labute approximate surface area is 97.4 Å². The molecular formula is C11H8N4S. The molecule has 2 heterocycles. The van der Waals surface area contributed by atoms with Crippen LogP contribution < -0.4 is 0 Å². The highest BCUT2D eigenvalue weighted by Gasteiger charge is 2.05. The van der Waals surface area contributed by atoms with Crippen molar-refractivity contribution in [3.63, 3.8) is 0 Å². The van der Waals surface area contributed by atoms with Gasteiger partial charge in [-0.3, -0.25) is 0 Å². The van der Waals surface area contributed by atoms with Crippen molar-refractivity contribution in [3.8, 4) is 6.07 Å². The fourth-order valence-electron chi connectivity index (χ4n) is 1.09. The SMILES string of the molecule is Cc1cnc(Sc2cccnc2C#N)nc1. The molecule has 16 heavy (non-hydrogen) atoms. The second-order valence-electron chi connectivity index (χ2n) is 3.11. The van der Waals surface area contributed by atoms with Gasteiger partial charge >= 0.3 is 0 Å². The van der Waals surface area contributed by atoms with Crippen molar-refractivity contribution in [2.24, 2.45) is 0 Å². The van der Waals surface area contributed by atoms with Crippen molar-refractivity contribution in [2.45, 2.75) is 17.0 Å². The minimum atomic E-state index is 0.400. The third-order valence-corrected chi connectivity index (χ3v) is 2.78. The number of hydrogen-bond donors (Lipinski definition) is 0. The number of aromatic nitrogens is 3. The Morgan fingerprint density at radius 3 is 2.69 bits per heavy atom. The van der Waals surface area contributed by atoms with E-state index in [9.17, 15) is 0 Å². The van der Waals surface area contributed by atoms with Gasteiger partial charge in [-0.1, -0.05) is 0 Å². The van der Waals surface area contributed by atoms with Crippen molar-refractivity contribution in [1.82, 2.24) is 15.0 Å². The first-order valence-electron chi connectivity index (χ1n) is 4.61. The number of rotatable bonds is 2. The summed E-state index contributed by atoms with van der Waals surface area (Å²) in [6.45, 7) is 1.93. The lowest BCUT2D eigenvalue weighted by Crippen LogP contribution is -1.89. The third kappa shape index (κ3) is 2.35. The monoisotopic (exact) mass is 228 g/mol. The zero-order valence-electron chi connectivity index (χ0n) is 8.58. The summed E-state index contributed by atoms with van der Waals surface area (Å²) in [5.41, 5.74) is 1.41. The summed E-state index contributed by atoms with van der Waals surface area (Å²) in [6, 6.07) is 5.66. The summed E-state index contributed by atoms with van der Waals surface area (Å²) in [7, 11) is 0. The molecule has 0 saturated heterocycles. The molecule has 4 nitrogen and oxygen atoms in total. The molecule has 0 amide bonds. The molecule has 5 heteroatoms. The lowest BCUT2D eigenvalue weighted by molar-refractivity contribution is 0.948. The smallest absolute Gasteiger partial charge is 0.192 e. The maximum atomic E-state index is 8.87. The summed E-state index contributed by atoms with van der Waals surface area (Å²) in [5, 5.41) is 9.49. The van der Waals surface area contributed by atoms with Gasteiger partial charge in [-0.05, 0) is 36.4 Å². The molecule has 0 N–H and O–H groups in total. The van der Waals surface area contributed by atoms with Crippen molar-refractivity contribution < 1.29 is 0 Å². The quantitative estimate of drug-likeness (QED) is 0.737. The molecule has 0 radical (unpaired) electrons. The molecule has 0 aromatic carbocycles. The van der Waals surface area contributed by atoms with Crippen molar-refractivity contribution in [3.05, 3.63) is 42.0 Å². The highest BCUT2D eigenvalue weighted by molar-refractivity contribution is 7.99. The fraction of sp³-hybridized carbons (Fsp3) is 0.0909. The standard InChI is InChI=1S/C11H8N4S/c1-8-6-14-11(15-7-8)16-10-3-2-4-13-9(10)5-12/h2-4,6-7H,1H3. The van der Waals surface area contributed by atoms with Crippen LogP contribution in [-0.2, 0) is 0 Å². The Kier molecular flexibility index (Phi) is 3.13. The van der Waals surface area contributed by atoms with Crippen LogP contribution in [0.25, 0.3) is 0 Å². The lowest BCUT2D eigenvalue weighted by Gasteiger charge is -2.00. The third-order valence-electron chi connectivity index (χ3n) is 1.84. The van der Waals surface area contributed by atoms with Crippen LogP contribution in [0, 0.1) is 18.3 Å². The number of nitriles is 1. The molecule has 2 rings (SSSR count). The average Bonchev–Trinajstić information content (AvgIpc) is 2.33. The first-order valence-corrected chi connectivity index (χ1v) is 5.43. The maximum Gasteiger partial charge on any atom is 0.192 e. The Morgan fingerprint density at radius 2 is 2.00 bits per heavy atom. The van der Waals surface area contributed by atoms with Gasteiger partial charge in [0.05, 0.1) is 4.90 Å². The molecule has 0 aliphatic heterocycles. The number of pyridine rings is 1. The topological polar surface area (TPSA) is 62.5 Å². The minimum Gasteiger partial charge on any atom is -0.244 e. The van der Waals surface area contributed by atoms with E-state index in [0.717, 1.165) is 10.5 Å². The normalized spacial score (nSPS) is 9.75. The number of aryl methyl sites for hydroxylation is 1. The summed E-state index contributed by atoms with van der Waals surface area (Å²) in [6.07, 6.45) is 5.09. The highest BCUT2D eigenvalue weighted by Crippen LogP contribution is 2.25. The second kappa shape index (κ2) is 4.73. The first kappa shape index (κ1) is 10.6. The minimum absolute atomic E-state index is 0.400. The van der Waals surface area contributed by atoms with Gasteiger partial charge in [0.1, 0.15) is 6.07 Å². The van der Waals surface area contributed by atoms with Crippen LogP contribution in [-0.4, -0.2) is 15.0 Å². The van der Waals surface area contributed by atoms with Gasteiger partial charge in [0.25, 0.3) is 0 Å². The molecular weight excluding hydrogens is 220 g/mol. The van der Waals surface area contributed by atoms with Crippen LogP contribution >= 0.6 is 11.8 Å². The molecule has 0 saturated carbocycles. The largest absolute Gasteiger partial charge is 0.244 e. The fourth-order valence-corrected chi connectivity index (χ4v) is 1.84. The zero-order chi connectivity index (χ0) is 11.4. The van der Waals surface area contributed by atoms with Crippen LogP contribution in [0.15, 0.2) is 40.8 Å². The maximum absolute atomic E-state index is 8.87. The predicted octanol–water partition coefficient (Wildman–Crippen LogP) is 2.20. The summed E-state index contributed by atoms with van der Waals surface area (Å²) in [4.78, 5) is 13.1. The van der Waals surface area contributed by atoms with E-state index in [1.807, 2.05) is 19.1 Å². The van der Waals surface area contributed by atoms with Gasteiger partial charge < -0.3 is 0 Å². The second-order valence-corrected chi connectivity index (χ2v) is 4.12. The molecule has 2 aromatic rings. The average molecular weight is 228 g/mol. The van der Waals surface area contributed by atoms with E-state index in [-0.39, 0.29) is 0 Å². The van der Waals surface area contributed by atoms with Gasteiger partial charge in [-0.25, -0.2) is 15.0 Å². The summed E-state index contributed by atoms with van der Waals surface area (Å²) in [5.74, 6) is 0. The number of nitrogens with zero attached hydrogens (tertiary/aromatic N) is 4. The van der Waals surface area contributed by atoms with Gasteiger partial charge in [0, 0.05) is 18.6 Å². The van der Waals surface area contributed by atoms with E-state index < -0.39 is 0 Å². The van der Waals surface area contributed by atoms with Crippen molar-refractivity contribution in [1.29, 1.82) is 5.26 Å². The molecule has 0 spiro atoms. The molecule has 0 aliphatic rings. The van der Waals surface area contributed by atoms with Crippen LogP contribution in [0.2, 0.25) is 0 Å². The predicted molar refractivity (Wildman–Crippen MR) is 59.8 cm³/mol. The van der Waals surface area contributed by atoms with E-state index in [1.165, 1.54) is 11.8 Å². The molecule has 0 fully saturated rings. The Balaban J connectivity index is 2.27. The van der Waals surface area contributed by atoms with Crippen molar-refractivity contribution >= 4 is 11.8 Å². The van der Waals surface area contributed by atoms with Crippen LogP contribution in [0.5, 0.6) is 0 Å². The highest BCUT2D eigenvalue weighted by atomic mass is 32.2. The molecule has 0 bridgehead atoms. The van der Waals surface area contributed by atoms with E-state index in [0.29, 0.717) is 10.9 Å². The number of hydrogen-bond acceptors (Lipinski definition) is 5. The molecule has 78 valence electrons.